The molecule has 0 fully saturated rings. The summed E-state index contributed by atoms with van der Waals surface area (Å²) in [6.07, 6.45) is 4.75. The highest BCUT2D eigenvalue weighted by Gasteiger charge is 2.25. The van der Waals surface area contributed by atoms with Crippen molar-refractivity contribution in [2.75, 3.05) is 5.01 Å². The number of hydrogen-bond donors (Lipinski definition) is 0. The Bertz CT molecular complexity index is 647. The van der Waals surface area contributed by atoms with Crippen molar-refractivity contribution < 1.29 is 4.79 Å². The van der Waals surface area contributed by atoms with Crippen LogP contribution in [0.25, 0.3) is 0 Å². The first-order chi connectivity index (χ1) is 9.78. The number of carbonyl (C=O) groups excluding carboxylic acids is 1. The minimum Gasteiger partial charge on any atom is -0.272 e. The zero-order chi connectivity index (χ0) is 13.9. The van der Waals surface area contributed by atoms with Crippen LogP contribution in [0.15, 0.2) is 53.9 Å². The van der Waals surface area contributed by atoms with Crippen molar-refractivity contribution in [1.82, 2.24) is 4.98 Å². The van der Waals surface area contributed by atoms with Crippen molar-refractivity contribution in [3.8, 4) is 0 Å². The second-order valence-electron chi connectivity index (χ2n) is 4.69. The SMILES string of the molecule is CCc1ccc(N2N=C(c3cccnc3)CC2=O)cc1. The first-order valence-electron chi connectivity index (χ1n) is 6.67. The fraction of sp³-hybridized carbons (Fsp3) is 0.188. The van der Waals surface area contributed by atoms with Crippen molar-refractivity contribution in [2.45, 2.75) is 19.8 Å². The van der Waals surface area contributed by atoms with E-state index in [2.05, 4.69) is 17.0 Å². The fourth-order valence-electron chi connectivity index (χ4n) is 2.20. The Balaban J connectivity index is 1.90. The molecule has 1 aromatic carbocycles. The monoisotopic (exact) mass is 265 g/mol. The summed E-state index contributed by atoms with van der Waals surface area (Å²) < 4.78 is 0. The van der Waals surface area contributed by atoms with E-state index in [0.29, 0.717) is 6.42 Å². The predicted octanol–water partition coefficient (Wildman–Crippen LogP) is 2.79. The average Bonchev–Trinajstić information content (AvgIpc) is 2.90. The van der Waals surface area contributed by atoms with E-state index in [1.807, 2.05) is 36.4 Å². The minimum absolute atomic E-state index is 0.00639. The highest BCUT2D eigenvalue weighted by atomic mass is 16.2. The molecule has 0 N–H and O–H groups in total. The summed E-state index contributed by atoms with van der Waals surface area (Å²) in [6, 6.07) is 11.7. The zero-order valence-corrected chi connectivity index (χ0v) is 11.3. The van der Waals surface area contributed by atoms with Gasteiger partial charge in [0.05, 0.1) is 17.8 Å². The van der Waals surface area contributed by atoms with Crippen LogP contribution in [0.2, 0.25) is 0 Å². The third-order valence-corrected chi connectivity index (χ3v) is 3.36. The molecule has 3 rings (SSSR count). The molecule has 0 bridgehead atoms. The number of carbonyl (C=O) groups is 1. The number of benzene rings is 1. The van der Waals surface area contributed by atoms with E-state index in [9.17, 15) is 4.79 Å². The number of amides is 1. The second-order valence-corrected chi connectivity index (χ2v) is 4.69. The van der Waals surface area contributed by atoms with Gasteiger partial charge >= 0.3 is 0 Å². The lowest BCUT2D eigenvalue weighted by Crippen LogP contribution is -2.19. The lowest BCUT2D eigenvalue weighted by molar-refractivity contribution is -0.116. The summed E-state index contributed by atoms with van der Waals surface area (Å²) in [5, 5.41) is 5.90. The Morgan fingerprint density at radius 3 is 2.65 bits per heavy atom. The Hall–Kier alpha value is -2.49. The highest BCUT2D eigenvalue weighted by molar-refractivity contribution is 6.19. The first kappa shape index (κ1) is 12.5. The van der Waals surface area contributed by atoms with Crippen LogP contribution in [-0.2, 0) is 11.2 Å². The molecule has 1 aliphatic heterocycles. The van der Waals surface area contributed by atoms with Gasteiger partial charge in [0.15, 0.2) is 0 Å². The van der Waals surface area contributed by atoms with Gasteiger partial charge in [-0.2, -0.15) is 5.10 Å². The molecule has 4 nitrogen and oxygen atoms in total. The molecular formula is C16H15N3O. The summed E-state index contributed by atoms with van der Waals surface area (Å²) in [6.45, 7) is 2.11. The van der Waals surface area contributed by atoms with Crippen LogP contribution in [0.5, 0.6) is 0 Å². The van der Waals surface area contributed by atoms with Crippen LogP contribution >= 0.6 is 0 Å². The van der Waals surface area contributed by atoms with Crippen LogP contribution < -0.4 is 5.01 Å². The van der Waals surface area contributed by atoms with E-state index < -0.39 is 0 Å². The van der Waals surface area contributed by atoms with Crippen LogP contribution in [0.1, 0.15) is 24.5 Å². The van der Waals surface area contributed by atoms with Gasteiger partial charge < -0.3 is 0 Å². The summed E-state index contributed by atoms with van der Waals surface area (Å²) in [5.41, 5.74) is 3.72. The van der Waals surface area contributed by atoms with Crippen molar-refractivity contribution in [1.29, 1.82) is 0 Å². The number of hydrogen-bond acceptors (Lipinski definition) is 3. The van der Waals surface area contributed by atoms with E-state index >= 15 is 0 Å². The molecule has 0 atom stereocenters. The van der Waals surface area contributed by atoms with Gasteiger partial charge in [-0.15, -0.1) is 0 Å². The molecule has 2 aromatic rings. The predicted molar refractivity (Wildman–Crippen MR) is 78.7 cm³/mol. The molecule has 1 aliphatic rings. The van der Waals surface area contributed by atoms with E-state index in [1.54, 1.807) is 12.4 Å². The summed E-state index contributed by atoms with van der Waals surface area (Å²) >= 11 is 0. The van der Waals surface area contributed by atoms with Gasteiger partial charge in [0, 0.05) is 18.0 Å². The molecule has 0 spiro atoms. The first-order valence-corrected chi connectivity index (χ1v) is 6.67. The van der Waals surface area contributed by atoms with Crippen LogP contribution in [0.3, 0.4) is 0 Å². The standard InChI is InChI=1S/C16H15N3O/c1-2-12-5-7-14(8-6-12)19-16(20)10-15(18-19)13-4-3-9-17-11-13/h3-9,11H,2,10H2,1H3. The number of aromatic nitrogens is 1. The normalized spacial score (nSPS) is 14.6. The van der Waals surface area contributed by atoms with Crippen LogP contribution in [0.4, 0.5) is 5.69 Å². The topological polar surface area (TPSA) is 45.6 Å². The molecule has 1 amide bonds. The Morgan fingerprint density at radius 2 is 2.00 bits per heavy atom. The lowest BCUT2D eigenvalue weighted by Gasteiger charge is -2.11. The maximum atomic E-state index is 12.1. The van der Waals surface area contributed by atoms with E-state index in [-0.39, 0.29) is 5.91 Å². The van der Waals surface area contributed by atoms with Crippen LogP contribution in [0, 0.1) is 0 Å². The number of pyridine rings is 1. The molecule has 1 aromatic heterocycles. The number of hydrazone groups is 1. The third-order valence-electron chi connectivity index (χ3n) is 3.36. The molecule has 0 saturated heterocycles. The smallest absolute Gasteiger partial charge is 0.253 e. The number of anilines is 1. The van der Waals surface area contributed by atoms with Gasteiger partial charge in [0.1, 0.15) is 0 Å². The number of nitrogens with zero attached hydrogens (tertiary/aromatic N) is 3. The Morgan fingerprint density at radius 1 is 1.20 bits per heavy atom. The summed E-state index contributed by atoms with van der Waals surface area (Å²) in [4.78, 5) is 16.2. The third kappa shape index (κ3) is 2.32. The lowest BCUT2D eigenvalue weighted by atomic mass is 10.1. The molecule has 0 saturated carbocycles. The summed E-state index contributed by atoms with van der Waals surface area (Å²) in [5.74, 6) is -0.00639. The molecule has 100 valence electrons. The molecule has 4 heteroatoms. The maximum absolute atomic E-state index is 12.1. The van der Waals surface area contributed by atoms with Gasteiger partial charge in [-0.05, 0) is 36.2 Å². The quantitative estimate of drug-likeness (QED) is 0.856. The van der Waals surface area contributed by atoms with Crippen molar-refractivity contribution in [2.24, 2.45) is 5.10 Å². The van der Waals surface area contributed by atoms with Gasteiger partial charge in [0.25, 0.3) is 5.91 Å². The van der Waals surface area contributed by atoms with Crippen molar-refractivity contribution in [3.63, 3.8) is 0 Å². The van der Waals surface area contributed by atoms with Crippen LogP contribution in [-0.4, -0.2) is 16.6 Å². The Kier molecular flexibility index (Phi) is 3.29. The second kappa shape index (κ2) is 5.25. The van der Waals surface area contributed by atoms with E-state index in [0.717, 1.165) is 23.4 Å². The van der Waals surface area contributed by atoms with Gasteiger partial charge in [-0.3, -0.25) is 9.78 Å². The van der Waals surface area contributed by atoms with Gasteiger partial charge in [-0.1, -0.05) is 19.1 Å². The van der Waals surface area contributed by atoms with Gasteiger partial charge in [-0.25, -0.2) is 5.01 Å². The molecular weight excluding hydrogens is 250 g/mol. The average molecular weight is 265 g/mol. The summed E-state index contributed by atoms with van der Waals surface area (Å²) in [7, 11) is 0. The minimum atomic E-state index is -0.00639. The Labute approximate surface area is 117 Å². The van der Waals surface area contributed by atoms with Crippen molar-refractivity contribution >= 4 is 17.3 Å². The highest BCUT2D eigenvalue weighted by Crippen LogP contribution is 2.23. The maximum Gasteiger partial charge on any atom is 0.253 e. The molecule has 20 heavy (non-hydrogen) atoms. The molecule has 0 radical (unpaired) electrons. The molecule has 2 heterocycles. The largest absolute Gasteiger partial charge is 0.272 e. The van der Waals surface area contributed by atoms with E-state index in [1.165, 1.54) is 10.6 Å². The zero-order valence-electron chi connectivity index (χ0n) is 11.3. The molecule has 0 aliphatic carbocycles. The number of aryl methyl sites for hydroxylation is 1. The molecule has 0 unspecified atom stereocenters. The van der Waals surface area contributed by atoms with E-state index in [4.69, 9.17) is 0 Å². The van der Waals surface area contributed by atoms with Crippen molar-refractivity contribution in [3.05, 3.63) is 59.9 Å². The van der Waals surface area contributed by atoms with Gasteiger partial charge in [0.2, 0.25) is 0 Å². The fourth-order valence-corrected chi connectivity index (χ4v) is 2.20. The number of rotatable bonds is 3.